The fourth-order valence-electron chi connectivity index (χ4n) is 3.01. The molecule has 1 aliphatic rings. The van der Waals surface area contributed by atoms with Gasteiger partial charge in [0.25, 0.3) is 5.91 Å². The second-order valence-corrected chi connectivity index (χ2v) is 8.56. The quantitative estimate of drug-likeness (QED) is 0.801. The number of rotatable bonds is 6. The number of nitrogens with zero attached hydrogens (tertiary/aromatic N) is 2. The van der Waals surface area contributed by atoms with Crippen LogP contribution in [-0.4, -0.2) is 63.4 Å². The fraction of sp³-hybridized carbons (Fsp3) is 0.350. The first kappa shape index (κ1) is 20.3. The average molecular weight is 404 g/mol. The van der Waals surface area contributed by atoms with Crippen LogP contribution in [0.1, 0.15) is 17.3 Å². The number of nitrogens with one attached hydrogen (secondary N) is 1. The summed E-state index contributed by atoms with van der Waals surface area (Å²) in [6, 6.07) is 13.3. The van der Waals surface area contributed by atoms with E-state index in [-0.39, 0.29) is 10.8 Å². The van der Waals surface area contributed by atoms with Gasteiger partial charge in [-0.3, -0.25) is 4.79 Å². The molecule has 8 heteroatoms. The van der Waals surface area contributed by atoms with Crippen molar-refractivity contribution in [2.45, 2.75) is 11.8 Å². The van der Waals surface area contributed by atoms with Crippen molar-refractivity contribution in [3.8, 4) is 5.75 Å². The predicted molar refractivity (Wildman–Crippen MR) is 108 cm³/mol. The lowest BCUT2D eigenvalue weighted by atomic mass is 10.2. The zero-order valence-corrected chi connectivity index (χ0v) is 16.9. The molecule has 1 heterocycles. The van der Waals surface area contributed by atoms with Crippen molar-refractivity contribution in [2.75, 3.05) is 45.2 Å². The molecule has 0 spiro atoms. The van der Waals surface area contributed by atoms with Gasteiger partial charge >= 0.3 is 0 Å². The third-order valence-electron chi connectivity index (χ3n) is 4.64. The Bertz CT molecular complexity index is 924. The van der Waals surface area contributed by atoms with Crippen LogP contribution >= 0.6 is 0 Å². The third-order valence-corrected chi connectivity index (χ3v) is 6.53. The van der Waals surface area contributed by atoms with Crippen LogP contribution in [0.3, 0.4) is 0 Å². The maximum atomic E-state index is 13.0. The van der Waals surface area contributed by atoms with Crippen molar-refractivity contribution in [1.82, 2.24) is 9.21 Å². The third kappa shape index (κ3) is 4.52. The molecule has 0 aliphatic carbocycles. The van der Waals surface area contributed by atoms with Crippen molar-refractivity contribution in [2.24, 2.45) is 0 Å². The van der Waals surface area contributed by atoms with E-state index in [1.807, 2.05) is 20.0 Å². The van der Waals surface area contributed by atoms with Gasteiger partial charge in [0.2, 0.25) is 10.0 Å². The number of carbonyl (C=O) groups excluding carboxylic acids is 1. The van der Waals surface area contributed by atoms with Gasteiger partial charge in [-0.05, 0) is 44.3 Å². The normalized spacial score (nSPS) is 15.9. The summed E-state index contributed by atoms with van der Waals surface area (Å²) in [6.45, 7) is 4.49. The van der Waals surface area contributed by atoms with Crippen molar-refractivity contribution in [3.63, 3.8) is 0 Å². The number of likely N-dealkylation sites (N-methyl/N-ethyl adjacent to an activating group) is 1. The molecule has 1 saturated heterocycles. The van der Waals surface area contributed by atoms with Gasteiger partial charge in [-0.2, -0.15) is 4.31 Å². The van der Waals surface area contributed by atoms with Gasteiger partial charge in [-0.1, -0.05) is 18.2 Å². The van der Waals surface area contributed by atoms with E-state index in [1.165, 1.54) is 16.4 Å². The van der Waals surface area contributed by atoms with Crippen molar-refractivity contribution in [3.05, 3.63) is 54.1 Å². The van der Waals surface area contributed by atoms with Gasteiger partial charge in [0, 0.05) is 31.7 Å². The fourth-order valence-corrected chi connectivity index (χ4v) is 4.46. The summed E-state index contributed by atoms with van der Waals surface area (Å²) in [7, 11) is -1.67. The number of ether oxygens (including phenoxy) is 1. The first-order chi connectivity index (χ1) is 13.4. The van der Waals surface area contributed by atoms with Crippen molar-refractivity contribution < 1.29 is 17.9 Å². The Labute approximate surface area is 166 Å². The molecule has 0 unspecified atom stereocenters. The van der Waals surface area contributed by atoms with E-state index in [9.17, 15) is 13.2 Å². The smallest absolute Gasteiger partial charge is 0.255 e. The minimum absolute atomic E-state index is 0.142. The van der Waals surface area contributed by atoms with Crippen LogP contribution in [-0.2, 0) is 10.0 Å². The topological polar surface area (TPSA) is 79.0 Å². The first-order valence-electron chi connectivity index (χ1n) is 9.23. The van der Waals surface area contributed by atoms with Gasteiger partial charge in [-0.15, -0.1) is 0 Å². The van der Waals surface area contributed by atoms with Crippen LogP contribution in [0, 0.1) is 0 Å². The molecular formula is C20H25N3O4S. The molecule has 0 saturated carbocycles. The second-order valence-electron chi connectivity index (χ2n) is 6.62. The standard InChI is InChI=1S/C20H25N3O4S/c1-3-27-19-10-9-17(28(25,26)23-13-11-22(2)12-14-23)15-18(19)21-20(24)16-7-5-4-6-8-16/h4-10,15H,3,11-14H2,1-2H3,(H,21,24). The Balaban J connectivity index is 1.89. The predicted octanol–water partition coefficient (Wildman–Crippen LogP) is 2.27. The molecule has 0 atom stereocenters. The van der Waals surface area contributed by atoms with Crippen LogP contribution in [0.25, 0.3) is 0 Å². The van der Waals surface area contributed by atoms with E-state index in [2.05, 4.69) is 10.2 Å². The van der Waals surface area contributed by atoms with Crippen molar-refractivity contribution >= 4 is 21.6 Å². The van der Waals surface area contributed by atoms with Crippen LogP contribution in [0.2, 0.25) is 0 Å². The summed E-state index contributed by atoms with van der Waals surface area (Å²) in [5.41, 5.74) is 0.822. The van der Waals surface area contributed by atoms with Crippen LogP contribution < -0.4 is 10.1 Å². The Hall–Kier alpha value is -2.42. The van der Waals surface area contributed by atoms with Crippen LogP contribution in [0.15, 0.2) is 53.4 Å². The van der Waals surface area contributed by atoms with E-state index in [1.54, 1.807) is 30.3 Å². The molecule has 1 amide bonds. The molecule has 0 radical (unpaired) electrons. The van der Waals surface area contributed by atoms with E-state index in [4.69, 9.17) is 4.74 Å². The van der Waals surface area contributed by atoms with Crippen molar-refractivity contribution in [1.29, 1.82) is 0 Å². The molecular weight excluding hydrogens is 378 g/mol. The lowest BCUT2D eigenvalue weighted by molar-refractivity contribution is 0.102. The molecule has 0 aromatic heterocycles. The number of sulfonamides is 1. The molecule has 2 aromatic rings. The zero-order chi connectivity index (χ0) is 20.1. The highest BCUT2D eigenvalue weighted by atomic mass is 32.2. The number of hydrogen-bond donors (Lipinski definition) is 1. The second kappa shape index (κ2) is 8.72. The Morgan fingerprint density at radius 2 is 1.75 bits per heavy atom. The Morgan fingerprint density at radius 3 is 2.39 bits per heavy atom. The number of piperazine rings is 1. The Morgan fingerprint density at radius 1 is 1.07 bits per heavy atom. The van der Waals surface area contributed by atoms with Gasteiger partial charge in [0.1, 0.15) is 5.75 Å². The molecule has 0 bridgehead atoms. The highest BCUT2D eigenvalue weighted by Crippen LogP contribution is 2.30. The SMILES string of the molecule is CCOc1ccc(S(=O)(=O)N2CCN(C)CC2)cc1NC(=O)c1ccccc1. The lowest BCUT2D eigenvalue weighted by Crippen LogP contribution is -2.47. The maximum absolute atomic E-state index is 13.0. The molecule has 1 N–H and O–H groups in total. The molecule has 150 valence electrons. The summed E-state index contributed by atoms with van der Waals surface area (Å²) < 4.78 is 33.1. The van der Waals surface area contributed by atoms with Crippen LogP contribution in [0.5, 0.6) is 5.75 Å². The van der Waals surface area contributed by atoms with E-state index >= 15 is 0 Å². The van der Waals surface area contributed by atoms with Gasteiger partial charge in [0.05, 0.1) is 17.2 Å². The van der Waals surface area contributed by atoms with Gasteiger partial charge in [-0.25, -0.2) is 8.42 Å². The van der Waals surface area contributed by atoms with E-state index in [0.29, 0.717) is 49.8 Å². The number of hydrogen-bond acceptors (Lipinski definition) is 5. The van der Waals surface area contributed by atoms with Gasteiger partial charge < -0.3 is 15.0 Å². The van der Waals surface area contributed by atoms with E-state index < -0.39 is 10.0 Å². The minimum Gasteiger partial charge on any atom is -0.492 e. The highest BCUT2D eigenvalue weighted by molar-refractivity contribution is 7.89. The number of anilines is 1. The van der Waals surface area contributed by atoms with Gasteiger partial charge in [0.15, 0.2) is 0 Å². The number of amides is 1. The maximum Gasteiger partial charge on any atom is 0.255 e. The lowest BCUT2D eigenvalue weighted by Gasteiger charge is -2.31. The molecule has 3 rings (SSSR count). The summed E-state index contributed by atoms with van der Waals surface area (Å²) in [4.78, 5) is 14.8. The molecule has 28 heavy (non-hydrogen) atoms. The number of carbonyl (C=O) groups is 1. The summed E-state index contributed by atoms with van der Waals surface area (Å²) in [6.07, 6.45) is 0. The monoisotopic (exact) mass is 403 g/mol. The highest BCUT2D eigenvalue weighted by Gasteiger charge is 2.28. The number of benzene rings is 2. The summed E-state index contributed by atoms with van der Waals surface area (Å²) in [5.74, 6) is 0.111. The molecule has 7 nitrogen and oxygen atoms in total. The summed E-state index contributed by atoms with van der Waals surface area (Å²) >= 11 is 0. The first-order valence-corrected chi connectivity index (χ1v) is 10.7. The average Bonchev–Trinajstić information content (AvgIpc) is 2.70. The molecule has 1 fully saturated rings. The van der Waals surface area contributed by atoms with Crippen LogP contribution in [0.4, 0.5) is 5.69 Å². The minimum atomic E-state index is -3.64. The molecule has 2 aromatic carbocycles. The summed E-state index contributed by atoms with van der Waals surface area (Å²) in [5, 5.41) is 2.78. The largest absolute Gasteiger partial charge is 0.492 e. The van der Waals surface area contributed by atoms with E-state index in [0.717, 1.165) is 0 Å². The zero-order valence-electron chi connectivity index (χ0n) is 16.1. The molecule has 1 aliphatic heterocycles. The Kier molecular flexibility index (Phi) is 6.33.